The molecule has 17 heteroatoms. The van der Waals surface area contributed by atoms with Crippen molar-refractivity contribution in [3.05, 3.63) is 35.9 Å². The van der Waals surface area contributed by atoms with Gasteiger partial charge in [-0.1, -0.05) is 94.5 Å². The zero-order valence-electron chi connectivity index (χ0n) is 31.3. The van der Waals surface area contributed by atoms with Gasteiger partial charge in [0.05, 0.1) is 0 Å². The minimum Gasteiger partial charge on any atom is -0.481 e. The number of nitrogens with two attached hydrogens (primary N) is 2. The Morgan fingerprint density at radius 2 is 1.25 bits per heavy atom. The van der Waals surface area contributed by atoms with Crippen molar-refractivity contribution in [2.75, 3.05) is 6.54 Å². The van der Waals surface area contributed by atoms with Crippen LogP contribution in [-0.4, -0.2) is 88.4 Å². The van der Waals surface area contributed by atoms with Crippen LogP contribution in [0.5, 0.6) is 0 Å². The molecule has 4 atom stereocenters. The zero-order chi connectivity index (χ0) is 40.2. The lowest BCUT2D eigenvalue weighted by molar-refractivity contribution is -0.143. The van der Waals surface area contributed by atoms with Crippen molar-refractivity contribution in [3.63, 3.8) is 0 Å². The number of hydrogen-bond donors (Lipinski definition) is 8. The van der Waals surface area contributed by atoms with E-state index in [2.05, 4.69) is 26.3 Å². The van der Waals surface area contributed by atoms with Gasteiger partial charge in [-0.05, 0) is 49.5 Å². The maximum Gasteiger partial charge on any atom is 0.408 e. The first-order chi connectivity index (χ1) is 26.3. The van der Waals surface area contributed by atoms with E-state index in [4.69, 9.17) is 16.2 Å². The molecule has 2 aliphatic carbocycles. The van der Waals surface area contributed by atoms with Crippen molar-refractivity contribution in [1.82, 2.24) is 21.3 Å². The largest absolute Gasteiger partial charge is 0.481 e. The summed E-state index contributed by atoms with van der Waals surface area (Å²) < 4.78 is 5.32. The van der Waals surface area contributed by atoms with Crippen LogP contribution in [0, 0.1) is 11.8 Å². The maximum absolute atomic E-state index is 13.8. The first-order valence-corrected chi connectivity index (χ1v) is 19.2. The van der Waals surface area contributed by atoms with Gasteiger partial charge in [0.2, 0.25) is 17.6 Å². The van der Waals surface area contributed by atoms with Gasteiger partial charge >= 0.3 is 18.0 Å². The van der Waals surface area contributed by atoms with Gasteiger partial charge in [0.15, 0.2) is 5.96 Å². The minimum atomic E-state index is -1.48. The summed E-state index contributed by atoms with van der Waals surface area (Å²) in [5.41, 5.74) is 11.6. The van der Waals surface area contributed by atoms with Gasteiger partial charge in [0, 0.05) is 13.0 Å². The number of rotatable bonds is 22. The predicted molar refractivity (Wildman–Crippen MR) is 201 cm³/mol. The fraction of sp³-hybridized carbons (Fsp3) is 0.632. The first kappa shape index (κ1) is 44.2. The monoisotopic (exact) mass is 771 g/mol. The summed E-state index contributed by atoms with van der Waals surface area (Å²) in [4.78, 5) is 94.8. The Hall–Kier alpha value is -5.22. The lowest BCUT2D eigenvalue weighted by Gasteiger charge is -2.28. The number of aliphatic imine (C=N–C) groups is 1. The number of benzene rings is 1. The molecule has 55 heavy (non-hydrogen) atoms. The Bertz CT molecular complexity index is 1470. The Labute approximate surface area is 321 Å². The molecular weight excluding hydrogens is 714 g/mol. The molecule has 1 aromatic rings. The number of hydrogen-bond acceptors (Lipinski definition) is 9. The van der Waals surface area contributed by atoms with E-state index in [9.17, 15) is 43.8 Å². The standard InChI is InChI=1S/C38H57N7O10/c39-37(40)41-20-10-17-27(33(49)42-28(18-19-31(46)47)34(50)44-30(36(52)53)22-25-13-6-2-7-14-25)43-35(51)32(48)29(21-24-11-4-1-5-12-24)45-38(54)55-23-26-15-8-3-9-16-26/h3,8-9,15-16,24-25,27-30H,1-2,4-7,10-14,17-23H2,(H,42,49)(H,43,51)(H,44,50)(H,45,54)(H,46,47)(H,52,53)(H4,39,40,41)/t27-,28-,29+,30-/m0/s1. The molecule has 304 valence electrons. The average Bonchev–Trinajstić information content (AvgIpc) is 3.16. The third-order valence-electron chi connectivity index (χ3n) is 10.1. The molecule has 0 saturated heterocycles. The molecule has 3 rings (SSSR count). The second-order valence-corrected chi connectivity index (χ2v) is 14.5. The maximum atomic E-state index is 13.8. The fourth-order valence-electron chi connectivity index (χ4n) is 7.11. The van der Waals surface area contributed by atoms with E-state index >= 15 is 0 Å². The normalized spacial score (nSPS) is 16.9. The number of nitrogens with one attached hydrogen (secondary N) is 4. The lowest BCUT2D eigenvalue weighted by atomic mass is 9.84. The van der Waals surface area contributed by atoms with Crippen molar-refractivity contribution >= 4 is 47.5 Å². The van der Waals surface area contributed by atoms with Crippen LogP contribution < -0.4 is 32.7 Å². The summed E-state index contributed by atoms with van der Waals surface area (Å²) in [6.45, 7) is -0.00883. The number of ketones is 1. The summed E-state index contributed by atoms with van der Waals surface area (Å²) in [5.74, 6) is -6.56. The molecule has 17 nitrogen and oxygen atoms in total. The van der Waals surface area contributed by atoms with Gasteiger partial charge in [0.25, 0.3) is 5.91 Å². The molecule has 2 fully saturated rings. The van der Waals surface area contributed by atoms with Gasteiger partial charge in [-0.25, -0.2) is 9.59 Å². The van der Waals surface area contributed by atoms with Crippen LogP contribution in [0.25, 0.3) is 0 Å². The number of guanidine groups is 1. The number of alkyl carbamates (subject to hydrolysis) is 1. The second-order valence-electron chi connectivity index (χ2n) is 14.5. The van der Waals surface area contributed by atoms with Crippen LogP contribution in [0.2, 0.25) is 0 Å². The number of carbonyl (C=O) groups excluding carboxylic acids is 5. The quantitative estimate of drug-likeness (QED) is 0.0365. The molecule has 4 amide bonds. The number of Topliss-reactive ketones (excluding diaryl/α,β-unsaturated/α-hetero) is 1. The van der Waals surface area contributed by atoms with Gasteiger partial charge in [-0.2, -0.15) is 0 Å². The number of amides is 4. The van der Waals surface area contributed by atoms with Crippen molar-refractivity contribution in [1.29, 1.82) is 0 Å². The van der Waals surface area contributed by atoms with Crippen molar-refractivity contribution < 1.29 is 48.5 Å². The molecule has 0 unspecified atom stereocenters. The Morgan fingerprint density at radius 3 is 1.80 bits per heavy atom. The number of ether oxygens (including phenoxy) is 1. The van der Waals surface area contributed by atoms with Gasteiger partial charge < -0.3 is 47.7 Å². The summed E-state index contributed by atoms with van der Waals surface area (Å²) in [6.07, 6.45) is 7.76. The summed E-state index contributed by atoms with van der Waals surface area (Å²) in [7, 11) is 0. The predicted octanol–water partition coefficient (Wildman–Crippen LogP) is 2.25. The van der Waals surface area contributed by atoms with Crippen LogP contribution in [0.4, 0.5) is 4.79 Å². The second kappa shape index (κ2) is 23.5. The topological polar surface area (TPSA) is 282 Å². The number of carbonyl (C=O) groups is 7. The Kier molecular flexibility index (Phi) is 18.9. The Morgan fingerprint density at radius 1 is 0.709 bits per heavy atom. The van der Waals surface area contributed by atoms with E-state index in [0.29, 0.717) is 0 Å². The van der Waals surface area contributed by atoms with E-state index in [0.717, 1.165) is 69.8 Å². The number of carboxylic acids is 2. The van der Waals surface area contributed by atoms with E-state index in [1.807, 2.05) is 6.07 Å². The van der Waals surface area contributed by atoms with Crippen LogP contribution in [0.15, 0.2) is 35.3 Å². The summed E-state index contributed by atoms with van der Waals surface area (Å²) in [6, 6.07) is 3.48. The summed E-state index contributed by atoms with van der Waals surface area (Å²) >= 11 is 0. The molecule has 2 saturated carbocycles. The zero-order valence-corrected chi connectivity index (χ0v) is 31.3. The van der Waals surface area contributed by atoms with Crippen LogP contribution in [-0.2, 0) is 40.1 Å². The molecule has 1 aromatic carbocycles. The van der Waals surface area contributed by atoms with E-state index in [-0.39, 0.29) is 63.1 Å². The lowest BCUT2D eigenvalue weighted by Crippen LogP contribution is -2.57. The van der Waals surface area contributed by atoms with E-state index < -0.39 is 72.1 Å². The molecule has 0 radical (unpaired) electrons. The van der Waals surface area contributed by atoms with Crippen LogP contribution in [0.3, 0.4) is 0 Å². The van der Waals surface area contributed by atoms with Crippen molar-refractivity contribution in [2.45, 2.75) is 134 Å². The van der Waals surface area contributed by atoms with Gasteiger partial charge in [0.1, 0.15) is 30.8 Å². The van der Waals surface area contributed by atoms with Crippen molar-refractivity contribution in [3.8, 4) is 0 Å². The molecular formula is C38H57N7O10. The molecule has 0 aliphatic heterocycles. The van der Waals surface area contributed by atoms with Crippen molar-refractivity contribution in [2.24, 2.45) is 28.3 Å². The Balaban J connectivity index is 1.77. The minimum absolute atomic E-state index is 0.0550. The number of aliphatic carboxylic acids is 2. The molecule has 0 bridgehead atoms. The van der Waals surface area contributed by atoms with Crippen LogP contribution in [0.1, 0.15) is 108 Å². The molecule has 10 N–H and O–H groups in total. The van der Waals surface area contributed by atoms with Gasteiger partial charge in [-0.3, -0.25) is 29.0 Å². The fourth-order valence-corrected chi connectivity index (χ4v) is 7.11. The molecule has 0 heterocycles. The molecule has 0 spiro atoms. The van der Waals surface area contributed by atoms with E-state index in [1.165, 1.54) is 0 Å². The number of nitrogens with zero attached hydrogens (tertiary/aromatic N) is 1. The third kappa shape index (κ3) is 16.8. The highest BCUT2D eigenvalue weighted by Gasteiger charge is 2.35. The van der Waals surface area contributed by atoms with Gasteiger partial charge in [-0.15, -0.1) is 0 Å². The molecule has 0 aromatic heterocycles. The van der Waals surface area contributed by atoms with Crippen LogP contribution >= 0.6 is 0 Å². The smallest absolute Gasteiger partial charge is 0.408 e. The highest BCUT2D eigenvalue weighted by atomic mass is 16.5. The average molecular weight is 772 g/mol. The SMILES string of the molecule is NC(N)=NCCC[C@H](NC(=O)C(=O)[C@@H](CC1CCCCC1)NC(=O)OCc1ccccc1)C(=O)N[C@@H](CCC(=O)O)C(=O)N[C@@H](CC1CCCCC1)C(=O)O. The first-order valence-electron chi connectivity index (χ1n) is 19.2. The third-order valence-corrected chi connectivity index (χ3v) is 10.1. The summed E-state index contributed by atoms with van der Waals surface area (Å²) in [5, 5.41) is 29.1. The number of carboxylic acid groups (broad SMARTS) is 2. The highest BCUT2D eigenvalue weighted by molar-refractivity contribution is 6.38. The molecule has 2 aliphatic rings. The highest BCUT2D eigenvalue weighted by Crippen LogP contribution is 2.28. The van der Waals surface area contributed by atoms with E-state index in [1.54, 1.807) is 24.3 Å².